The minimum Gasteiger partial charge on any atom is -0.495 e. The molecule has 0 saturated carbocycles. The highest BCUT2D eigenvalue weighted by Gasteiger charge is 2.13. The second-order valence-electron chi connectivity index (χ2n) is 3.82. The fourth-order valence-electron chi connectivity index (χ4n) is 1.79. The maximum absolute atomic E-state index is 6.20. The van der Waals surface area contributed by atoms with Gasteiger partial charge in [0, 0.05) is 10.4 Å². The van der Waals surface area contributed by atoms with Crippen LogP contribution >= 0.6 is 34.5 Å². The Labute approximate surface area is 123 Å². The van der Waals surface area contributed by atoms with Crippen molar-refractivity contribution in [1.82, 2.24) is 9.97 Å². The first kappa shape index (κ1) is 12.7. The van der Waals surface area contributed by atoms with E-state index in [4.69, 9.17) is 27.9 Å². The zero-order valence-corrected chi connectivity index (χ0v) is 12.2. The molecule has 3 nitrogen and oxygen atoms in total. The molecule has 19 heavy (non-hydrogen) atoms. The second kappa shape index (κ2) is 4.96. The van der Waals surface area contributed by atoms with Gasteiger partial charge >= 0.3 is 0 Å². The summed E-state index contributed by atoms with van der Waals surface area (Å²) in [5.41, 5.74) is 0.720. The van der Waals surface area contributed by atoms with Crippen molar-refractivity contribution in [1.29, 1.82) is 0 Å². The Kier molecular flexibility index (Phi) is 3.31. The average Bonchev–Trinajstić information content (AvgIpc) is 2.86. The summed E-state index contributed by atoms with van der Waals surface area (Å²) in [4.78, 5) is 9.68. The van der Waals surface area contributed by atoms with Crippen LogP contribution in [0.25, 0.3) is 21.6 Å². The number of rotatable bonds is 2. The normalized spacial score (nSPS) is 10.9. The molecule has 96 valence electrons. The van der Waals surface area contributed by atoms with Crippen LogP contribution in [0.1, 0.15) is 0 Å². The van der Waals surface area contributed by atoms with Crippen molar-refractivity contribution in [2.75, 3.05) is 7.11 Å². The van der Waals surface area contributed by atoms with Gasteiger partial charge in [-0.05, 0) is 29.6 Å². The van der Waals surface area contributed by atoms with Gasteiger partial charge in [0.15, 0.2) is 5.82 Å². The number of hydrogen-bond donors (Lipinski definition) is 0. The van der Waals surface area contributed by atoms with E-state index >= 15 is 0 Å². The van der Waals surface area contributed by atoms with Gasteiger partial charge in [-0.1, -0.05) is 23.2 Å². The molecular weight excluding hydrogens is 303 g/mol. The van der Waals surface area contributed by atoms with Crippen LogP contribution in [0.5, 0.6) is 5.75 Å². The van der Waals surface area contributed by atoms with Crippen LogP contribution in [0.3, 0.4) is 0 Å². The Morgan fingerprint density at radius 1 is 1.16 bits per heavy atom. The van der Waals surface area contributed by atoms with E-state index < -0.39 is 0 Å². The van der Waals surface area contributed by atoms with Crippen molar-refractivity contribution in [3.8, 4) is 16.5 Å². The molecule has 2 aromatic heterocycles. The Morgan fingerprint density at radius 3 is 2.79 bits per heavy atom. The highest BCUT2D eigenvalue weighted by Crippen LogP contribution is 2.35. The highest BCUT2D eigenvalue weighted by molar-refractivity contribution is 7.13. The number of methoxy groups -OCH3 is 1. The minimum absolute atomic E-state index is 0.409. The third-order valence-electron chi connectivity index (χ3n) is 2.66. The molecule has 3 aromatic rings. The zero-order valence-electron chi connectivity index (χ0n) is 9.85. The molecule has 0 fully saturated rings. The molecule has 0 bridgehead atoms. The maximum Gasteiger partial charge on any atom is 0.175 e. The first-order valence-corrected chi connectivity index (χ1v) is 7.07. The third-order valence-corrected chi connectivity index (χ3v) is 4.08. The first-order chi connectivity index (χ1) is 9.19. The topological polar surface area (TPSA) is 35.0 Å². The quantitative estimate of drug-likeness (QED) is 0.645. The number of hydrogen-bond acceptors (Lipinski definition) is 4. The number of ether oxygens (including phenoxy) is 1. The van der Waals surface area contributed by atoms with Gasteiger partial charge in [-0.15, -0.1) is 11.3 Å². The van der Waals surface area contributed by atoms with E-state index in [-0.39, 0.29) is 0 Å². The molecule has 3 rings (SSSR count). The summed E-state index contributed by atoms with van der Waals surface area (Å²) in [7, 11) is 1.62. The highest BCUT2D eigenvalue weighted by atomic mass is 35.5. The van der Waals surface area contributed by atoms with E-state index in [0.29, 0.717) is 16.0 Å². The van der Waals surface area contributed by atoms with Crippen molar-refractivity contribution in [3.63, 3.8) is 0 Å². The van der Waals surface area contributed by atoms with E-state index in [1.54, 1.807) is 19.2 Å². The summed E-state index contributed by atoms with van der Waals surface area (Å²) in [6.45, 7) is 0. The molecule has 0 aliphatic heterocycles. The van der Waals surface area contributed by atoms with Crippen LogP contribution in [-0.4, -0.2) is 17.1 Å². The van der Waals surface area contributed by atoms with E-state index in [1.165, 1.54) is 11.3 Å². The standard InChI is InChI=1S/C13H8Cl2N2OS/c1-18-10-4-5-19-11(10)13-16-9-6-7(14)2-3-8(9)12(15)17-13/h2-6H,1H3. The van der Waals surface area contributed by atoms with Gasteiger partial charge in [0.1, 0.15) is 15.8 Å². The summed E-state index contributed by atoms with van der Waals surface area (Å²) < 4.78 is 5.28. The van der Waals surface area contributed by atoms with Gasteiger partial charge in [0.25, 0.3) is 0 Å². The summed E-state index contributed by atoms with van der Waals surface area (Å²) >= 11 is 13.7. The fraction of sp³-hybridized carbons (Fsp3) is 0.0769. The molecule has 2 heterocycles. The summed E-state index contributed by atoms with van der Waals surface area (Å²) in [5, 5.41) is 3.73. The van der Waals surface area contributed by atoms with Crippen LogP contribution in [0.15, 0.2) is 29.6 Å². The average molecular weight is 311 g/mol. The lowest BCUT2D eigenvalue weighted by Gasteiger charge is -2.05. The van der Waals surface area contributed by atoms with Gasteiger partial charge < -0.3 is 4.74 Å². The molecule has 0 saturated heterocycles. The molecule has 6 heteroatoms. The monoisotopic (exact) mass is 310 g/mol. The fourth-order valence-corrected chi connectivity index (χ4v) is 2.98. The van der Waals surface area contributed by atoms with Crippen molar-refractivity contribution < 1.29 is 4.74 Å². The predicted octanol–water partition coefficient (Wildman–Crippen LogP) is 4.67. The van der Waals surface area contributed by atoms with Gasteiger partial charge in [-0.2, -0.15) is 0 Å². The number of fused-ring (bicyclic) bond motifs is 1. The van der Waals surface area contributed by atoms with Crippen LogP contribution in [0.2, 0.25) is 10.2 Å². The van der Waals surface area contributed by atoms with Crippen LogP contribution < -0.4 is 4.74 Å². The Balaban J connectivity index is 2.25. The van der Waals surface area contributed by atoms with E-state index in [1.807, 2.05) is 17.5 Å². The zero-order chi connectivity index (χ0) is 13.4. The first-order valence-electron chi connectivity index (χ1n) is 5.43. The molecule has 0 radical (unpaired) electrons. The number of thiophene rings is 1. The molecule has 0 aliphatic rings. The predicted molar refractivity (Wildman–Crippen MR) is 79.4 cm³/mol. The second-order valence-corrected chi connectivity index (χ2v) is 5.53. The smallest absolute Gasteiger partial charge is 0.175 e. The van der Waals surface area contributed by atoms with Gasteiger partial charge in [0.05, 0.1) is 12.6 Å². The third kappa shape index (κ3) is 2.27. The molecule has 1 aromatic carbocycles. The lowest BCUT2D eigenvalue weighted by molar-refractivity contribution is 0.418. The molecule has 0 aliphatic carbocycles. The van der Waals surface area contributed by atoms with Crippen molar-refractivity contribution in [2.45, 2.75) is 0 Å². The number of halogens is 2. The Morgan fingerprint density at radius 2 is 2.00 bits per heavy atom. The van der Waals surface area contributed by atoms with E-state index in [2.05, 4.69) is 9.97 Å². The van der Waals surface area contributed by atoms with E-state index in [9.17, 15) is 0 Å². The Bertz CT molecular complexity index is 757. The van der Waals surface area contributed by atoms with Crippen LogP contribution in [0, 0.1) is 0 Å². The van der Waals surface area contributed by atoms with Crippen molar-refractivity contribution in [2.24, 2.45) is 0 Å². The van der Waals surface area contributed by atoms with Crippen LogP contribution in [-0.2, 0) is 0 Å². The molecule has 0 amide bonds. The molecule has 0 N–H and O–H groups in total. The summed E-state index contributed by atoms with van der Waals surface area (Å²) in [6, 6.07) is 7.23. The maximum atomic E-state index is 6.20. The number of nitrogens with zero attached hydrogens (tertiary/aromatic N) is 2. The molecule has 0 atom stereocenters. The molecular formula is C13H8Cl2N2OS. The van der Waals surface area contributed by atoms with Gasteiger partial charge in [0.2, 0.25) is 0 Å². The van der Waals surface area contributed by atoms with Gasteiger partial charge in [-0.25, -0.2) is 9.97 Å². The number of benzene rings is 1. The van der Waals surface area contributed by atoms with E-state index in [0.717, 1.165) is 21.5 Å². The lowest BCUT2D eigenvalue weighted by Crippen LogP contribution is -1.92. The van der Waals surface area contributed by atoms with Crippen molar-refractivity contribution >= 4 is 45.4 Å². The van der Waals surface area contributed by atoms with Crippen LogP contribution in [0.4, 0.5) is 0 Å². The SMILES string of the molecule is COc1ccsc1-c1nc(Cl)c2ccc(Cl)cc2n1. The summed E-state index contributed by atoms with van der Waals surface area (Å²) in [6.07, 6.45) is 0. The minimum atomic E-state index is 0.409. The largest absolute Gasteiger partial charge is 0.495 e. The number of aromatic nitrogens is 2. The molecule has 0 spiro atoms. The van der Waals surface area contributed by atoms with Gasteiger partial charge in [-0.3, -0.25) is 0 Å². The molecule has 0 unspecified atom stereocenters. The lowest BCUT2D eigenvalue weighted by atomic mass is 10.2. The van der Waals surface area contributed by atoms with Crippen molar-refractivity contribution in [3.05, 3.63) is 39.8 Å². The summed E-state index contributed by atoms with van der Waals surface area (Å²) in [5.74, 6) is 1.29. The Hall–Kier alpha value is -1.36.